The second-order valence-corrected chi connectivity index (χ2v) is 7.95. The molecule has 0 aromatic heterocycles. The maximum Gasteiger partial charge on any atom is 0.305 e. The molecule has 3 N–H and O–H groups in total. The summed E-state index contributed by atoms with van der Waals surface area (Å²) < 4.78 is 5.22. The van der Waals surface area contributed by atoms with E-state index < -0.39 is 0 Å². The minimum absolute atomic E-state index is 0.0305. The molecule has 7 nitrogen and oxygen atoms in total. The van der Waals surface area contributed by atoms with Crippen molar-refractivity contribution in [1.29, 1.82) is 0 Å². The highest BCUT2D eigenvalue weighted by Crippen LogP contribution is 2.14. The van der Waals surface area contributed by atoms with Crippen molar-refractivity contribution >= 4 is 46.5 Å². The number of hydrogen-bond acceptors (Lipinski definition) is 5. The van der Waals surface area contributed by atoms with E-state index in [2.05, 4.69) is 16.0 Å². The van der Waals surface area contributed by atoms with Crippen LogP contribution in [0.15, 0.2) is 54.6 Å². The molecular weight excluding hydrogens is 438 g/mol. The predicted molar refractivity (Wildman–Crippen MR) is 134 cm³/mol. The Hall–Kier alpha value is -3.26. The van der Waals surface area contributed by atoms with Gasteiger partial charge in [0.05, 0.1) is 6.61 Å². The molecule has 0 radical (unpaired) electrons. The van der Waals surface area contributed by atoms with Crippen LogP contribution in [0.1, 0.15) is 51.0 Å². The quantitative estimate of drug-likeness (QED) is 0.239. The minimum atomic E-state index is -0.303. The Bertz CT molecular complexity index is 917. The number of aryl methyl sites for hydroxylation is 1. The summed E-state index contributed by atoms with van der Waals surface area (Å²) in [5, 5.41) is 8.49. The van der Waals surface area contributed by atoms with Crippen molar-refractivity contribution in [3.05, 3.63) is 60.2 Å². The molecule has 0 heterocycles. The average Bonchev–Trinajstić information content (AvgIpc) is 2.79. The zero-order valence-electron chi connectivity index (χ0n) is 18.9. The maximum absolute atomic E-state index is 12.0. The number of hydrogen-bond donors (Lipinski definition) is 3. The molecule has 0 atom stereocenters. The molecule has 176 valence electrons. The number of esters is 1. The summed E-state index contributed by atoms with van der Waals surface area (Å²) in [5.41, 5.74) is 2.60. The van der Waals surface area contributed by atoms with Gasteiger partial charge in [0.25, 0.3) is 0 Å². The number of nitrogens with one attached hydrogen (secondary N) is 3. The second kappa shape index (κ2) is 14.7. The molecule has 0 aliphatic heterocycles. The minimum Gasteiger partial charge on any atom is -0.466 e. The Morgan fingerprint density at radius 3 is 2.15 bits per heavy atom. The van der Waals surface area contributed by atoms with Crippen LogP contribution in [0.3, 0.4) is 0 Å². The van der Waals surface area contributed by atoms with Gasteiger partial charge in [0.15, 0.2) is 5.11 Å². The van der Waals surface area contributed by atoms with Gasteiger partial charge in [-0.05, 0) is 67.7 Å². The molecule has 33 heavy (non-hydrogen) atoms. The van der Waals surface area contributed by atoms with E-state index in [0.717, 1.165) is 19.3 Å². The summed E-state index contributed by atoms with van der Waals surface area (Å²) >= 11 is 5.16. The van der Waals surface area contributed by atoms with E-state index >= 15 is 0 Å². The molecule has 8 heteroatoms. The summed E-state index contributed by atoms with van der Waals surface area (Å²) in [7, 11) is 0. The summed E-state index contributed by atoms with van der Waals surface area (Å²) in [6.07, 6.45) is 3.63. The lowest BCUT2D eigenvalue weighted by Crippen LogP contribution is -2.34. The Kier molecular flexibility index (Phi) is 11.6. The van der Waals surface area contributed by atoms with Crippen LogP contribution in [0.4, 0.5) is 11.4 Å². The molecule has 2 amide bonds. The molecule has 2 aromatic carbocycles. The van der Waals surface area contributed by atoms with Gasteiger partial charge < -0.3 is 20.7 Å². The van der Waals surface area contributed by atoms with Gasteiger partial charge in [-0.2, -0.15) is 0 Å². The third-order valence-corrected chi connectivity index (χ3v) is 4.86. The fourth-order valence-electron chi connectivity index (χ4n) is 3.01. The molecule has 0 aliphatic carbocycles. The van der Waals surface area contributed by atoms with Crippen molar-refractivity contribution in [1.82, 2.24) is 5.32 Å². The monoisotopic (exact) mass is 469 g/mol. The van der Waals surface area contributed by atoms with Crippen molar-refractivity contribution in [3.8, 4) is 0 Å². The lowest BCUT2D eigenvalue weighted by Gasteiger charge is -2.11. The van der Waals surface area contributed by atoms with E-state index in [1.54, 1.807) is 24.3 Å². The van der Waals surface area contributed by atoms with Crippen molar-refractivity contribution in [2.75, 3.05) is 17.2 Å². The number of amides is 2. The smallest absolute Gasteiger partial charge is 0.305 e. The predicted octanol–water partition coefficient (Wildman–Crippen LogP) is 4.58. The Labute approximate surface area is 200 Å². The standard InChI is InChI=1S/C25H31N3O4S/c1-2-8-22(29)26-20-14-16-21(17-15-20)27-25(33)28-23(30)12-6-13-24(31)32-18-7-11-19-9-4-3-5-10-19/h3-5,9-10,14-17H,2,6-8,11-13,18H2,1H3,(H,26,29)(H2,27,28,30,33). The van der Waals surface area contributed by atoms with Gasteiger partial charge >= 0.3 is 5.97 Å². The van der Waals surface area contributed by atoms with E-state index in [9.17, 15) is 14.4 Å². The van der Waals surface area contributed by atoms with Gasteiger partial charge in [0.1, 0.15) is 0 Å². The number of thiocarbonyl (C=S) groups is 1. The van der Waals surface area contributed by atoms with Gasteiger partial charge in [-0.15, -0.1) is 0 Å². The van der Waals surface area contributed by atoms with Crippen molar-refractivity contribution in [2.24, 2.45) is 0 Å². The van der Waals surface area contributed by atoms with Crippen LogP contribution >= 0.6 is 12.2 Å². The highest BCUT2D eigenvalue weighted by atomic mass is 32.1. The third-order valence-electron chi connectivity index (χ3n) is 4.66. The molecule has 0 saturated heterocycles. The SMILES string of the molecule is CCCC(=O)Nc1ccc(NC(=S)NC(=O)CCCC(=O)OCCCc2ccccc2)cc1. The second-order valence-electron chi connectivity index (χ2n) is 7.54. The van der Waals surface area contributed by atoms with Crippen LogP contribution in [0, 0.1) is 0 Å². The first-order valence-electron chi connectivity index (χ1n) is 11.2. The molecule has 0 aliphatic rings. The first-order chi connectivity index (χ1) is 16.0. The Balaban J connectivity index is 1.57. The number of ether oxygens (including phenoxy) is 1. The molecule has 0 bridgehead atoms. The number of anilines is 2. The number of benzene rings is 2. The molecule has 0 saturated carbocycles. The van der Waals surface area contributed by atoms with E-state index in [1.807, 2.05) is 37.3 Å². The van der Waals surface area contributed by atoms with Gasteiger partial charge in [0.2, 0.25) is 11.8 Å². The van der Waals surface area contributed by atoms with Crippen LogP contribution in [0.5, 0.6) is 0 Å². The van der Waals surface area contributed by atoms with Gasteiger partial charge in [-0.3, -0.25) is 14.4 Å². The molecule has 2 rings (SSSR count). The van der Waals surface area contributed by atoms with Crippen LogP contribution < -0.4 is 16.0 Å². The van der Waals surface area contributed by atoms with E-state index in [0.29, 0.717) is 30.8 Å². The fourth-order valence-corrected chi connectivity index (χ4v) is 3.24. The lowest BCUT2D eigenvalue weighted by molar-refractivity contribution is -0.143. The van der Waals surface area contributed by atoms with Gasteiger partial charge in [-0.1, -0.05) is 37.3 Å². The maximum atomic E-state index is 12.0. The lowest BCUT2D eigenvalue weighted by atomic mass is 10.1. The third kappa shape index (κ3) is 11.2. The van der Waals surface area contributed by atoms with E-state index in [1.165, 1.54) is 5.56 Å². The highest BCUT2D eigenvalue weighted by molar-refractivity contribution is 7.80. The van der Waals surface area contributed by atoms with Crippen LogP contribution in [0.25, 0.3) is 0 Å². The van der Waals surface area contributed by atoms with E-state index in [4.69, 9.17) is 17.0 Å². The molecule has 2 aromatic rings. The normalized spacial score (nSPS) is 10.2. The number of carbonyl (C=O) groups excluding carboxylic acids is 3. The zero-order chi connectivity index (χ0) is 23.9. The molecule has 0 spiro atoms. The number of rotatable bonds is 12. The molecule has 0 fully saturated rings. The highest BCUT2D eigenvalue weighted by Gasteiger charge is 2.09. The summed E-state index contributed by atoms with van der Waals surface area (Å²) in [5.74, 6) is -0.604. The van der Waals surface area contributed by atoms with Crippen molar-refractivity contribution < 1.29 is 19.1 Å². The largest absolute Gasteiger partial charge is 0.466 e. The fraction of sp³-hybridized carbons (Fsp3) is 0.360. The van der Waals surface area contributed by atoms with E-state index in [-0.39, 0.29) is 35.7 Å². The first-order valence-corrected chi connectivity index (χ1v) is 11.6. The summed E-state index contributed by atoms with van der Waals surface area (Å²) in [6.45, 7) is 2.32. The molecule has 0 unspecified atom stereocenters. The van der Waals surface area contributed by atoms with Crippen molar-refractivity contribution in [3.63, 3.8) is 0 Å². The van der Waals surface area contributed by atoms with Crippen LogP contribution in [0.2, 0.25) is 0 Å². The van der Waals surface area contributed by atoms with Gasteiger partial charge in [0, 0.05) is 30.6 Å². The average molecular weight is 470 g/mol. The number of carbonyl (C=O) groups is 3. The molecular formula is C25H31N3O4S. The summed E-state index contributed by atoms with van der Waals surface area (Å²) in [6, 6.07) is 17.1. The van der Waals surface area contributed by atoms with Gasteiger partial charge in [-0.25, -0.2) is 0 Å². The zero-order valence-corrected chi connectivity index (χ0v) is 19.7. The van der Waals surface area contributed by atoms with Crippen LogP contribution in [-0.4, -0.2) is 29.5 Å². The van der Waals surface area contributed by atoms with Crippen LogP contribution in [-0.2, 0) is 25.5 Å². The topological polar surface area (TPSA) is 96.5 Å². The summed E-state index contributed by atoms with van der Waals surface area (Å²) in [4.78, 5) is 35.5. The van der Waals surface area contributed by atoms with Crippen molar-refractivity contribution in [2.45, 2.75) is 51.9 Å². The first kappa shape index (κ1) is 26.0. The Morgan fingerprint density at radius 1 is 0.818 bits per heavy atom. The Morgan fingerprint density at radius 2 is 1.48 bits per heavy atom.